The molecule has 0 radical (unpaired) electrons. The van der Waals surface area contributed by atoms with Crippen LogP contribution in [0.15, 0.2) is 36.7 Å². The molecule has 1 aromatic carbocycles. The van der Waals surface area contributed by atoms with Crippen molar-refractivity contribution in [1.82, 2.24) is 9.55 Å². The van der Waals surface area contributed by atoms with Gasteiger partial charge in [0, 0.05) is 32.7 Å². The van der Waals surface area contributed by atoms with Crippen molar-refractivity contribution in [3.05, 3.63) is 42.4 Å². The van der Waals surface area contributed by atoms with E-state index in [4.69, 9.17) is 0 Å². The summed E-state index contributed by atoms with van der Waals surface area (Å²) in [6.45, 7) is 0.668. The largest absolute Gasteiger partial charge is 0.336 e. The van der Waals surface area contributed by atoms with Gasteiger partial charge in [0.2, 0.25) is 11.8 Å². The van der Waals surface area contributed by atoms with E-state index < -0.39 is 5.92 Å². The molecule has 2 aromatic rings. The van der Waals surface area contributed by atoms with E-state index in [0.717, 1.165) is 30.0 Å². The van der Waals surface area contributed by atoms with Gasteiger partial charge in [0.05, 0.1) is 12.0 Å². The number of hydrogen-bond donors (Lipinski definition) is 0. The highest BCUT2D eigenvalue weighted by Gasteiger charge is 2.42. The maximum absolute atomic E-state index is 13.1. The predicted octanol–water partition coefficient (Wildman–Crippen LogP) is 2.00. The number of anilines is 2. The van der Waals surface area contributed by atoms with Crippen molar-refractivity contribution in [1.29, 1.82) is 0 Å². The first-order valence-electron chi connectivity index (χ1n) is 8.70. The summed E-state index contributed by atoms with van der Waals surface area (Å²) in [5, 5.41) is 0. The summed E-state index contributed by atoms with van der Waals surface area (Å²) in [4.78, 5) is 33.8. The van der Waals surface area contributed by atoms with Crippen LogP contribution in [0, 0.1) is 11.8 Å². The van der Waals surface area contributed by atoms with Gasteiger partial charge in [0.15, 0.2) is 5.82 Å². The summed E-state index contributed by atoms with van der Waals surface area (Å²) in [6, 6.07) is 9.44. The van der Waals surface area contributed by atoms with Crippen molar-refractivity contribution >= 4 is 23.3 Å². The number of fused-ring (bicyclic) bond motifs is 1. The Morgan fingerprint density at radius 3 is 2.68 bits per heavy atom. The average Bonchev–Trinajstić information content (AvgIpc) is 3.38. The fourth-order valence-corrected chi connectivity index (χ4v) is 3.42. The maximum Gasteiger partial charge on any atom is 0.241 e. The fraction of sp³-hybridized carbons (Fsp3) is 0.421. The lowest BCUT2D eigenvalue weighted by molar-refractivity contribution is -0.132. The van der Waals surface area contributed by atoms with Gasteiger partial charge in [0.1, 0.15) is 5.92 Å². The first-order valence-corrected chi connectivity index (χ1v) is 8.70. The lowest BCUT2D eigenvalue weighted by Crippen LogP contribution is -2.49. The smallest absolute Gasteiger partial charge is 0.241 e. The molecule has 6 heteroatoms. The zero-order chi connectivity index (χ0) is 17.6. The normalized spacial score (nSPS) is 19.7. The number of amides is 2. The van der Waals surface area contributed by atoms with Crippen LogP contribution >= 0.6 is 0 Å². The number of hydrogen-bond acceptors (Lipinski definition) is 3. The van der Waals surface area contributed by atoms with E-state index in [1.165, 1.54) is 0 Å². The summed E-state index contributed by atoms with van der Waals surface area (Å²) in [7, 11) is 3.65. The van der Waals surface area contributed by atoms with Gasteiger partial charge in [-0.25, -0.2) is 4.98 Å². The van der Waals surface area contributed by atoms with E-state index in [0.29, 0.717) is 18.9 Å². The fourth-order valence-electron chi connectivity index (χ4n) is 3.42. The van der Waals surface area contributed by atoms with Crippen LogP contribution in [0.5, 0.6) is 0 Å². The Hall–Kier alpha value is -2.63. The Labute approximate surface area is 147 Å². The third kappa shape index (κ3) is 2.81. The molecule has 1 saturated carbocycles. The van der Waals surface area contributed by atoms with E-state index in [1.807, 2.05) is 41.9 Å². The molecular weight excluding hydrogens is 316 g/mol. The van der Waals surface area contributed by atoms with Crippen molar-refractivity contribution in [2.45, 2.75) is 19.3 Å². The number of benzene rings is 1. The average molecular weight is 338 g/mol. The summed E-state index contributed by atoms with van der Waals surface area (Å²) < 4.78 is 1.92. The molecule has 2 amide bonds. The molecule has 0 saturated heterocycles. The minimum Gasteiger partial charge on any atom is -0.336 e. The third-order valence-corrected chi connectivity index (χ3v) is 5.16. The van der Waals surface area contributed by atoms with E-state index in [1.54, 1.807) is 23.2 Å². The monoisotopic (exact) mass is 338 g/mol. The number of nitrogens with zero attached hydrogens (tertiary/aromatic N) is 4. The summed E-state index contributed by atoms with van der Waals surface area (Å²) >= 11 is 0. The van der Waals surface area contributed by atoms with Crippen molar-refractivity contribution in [2.75, 3.05) is 23.4 Å². The van der Waals surface area contributed by atoms with Crippen LogP contribution in [0.1, 0.15) is 18.5 Å². The molecule has 0 spiro atoms. The number of imidazole rings is 1. The van der Waals surface area contributed by atoms with E-state index in [2.05, 4.69) is 4.98 Å². The molecule has 2 aliphatic rings. The Balaban J connectivity index is 1.64. The van der Waals surface area contributed by atoms with Crippen molar-refractivity contribution < 1.29 is 9.59 Å². The van der Waals surface area contributed by atoms with Gasteiger partial charge in [-0.1, -0.05) is 18.2 Å². The lowest BCUT2D eigenvalue weighted by Gasteiger charge is -2.33. The first-order chi connectivity index (χ1) is 12.1. The molecule has 1 unspecified atom stereocenters. The first kappa shape index (κ1) is 15.9. The van der Waals surface area contributed by atoms with Gasteiger partial charge in [0.25, 0.3) is 0 Å². The molecule has 1 atom stereocenters. The topological polar surface area (TPSA) is 58.4 Å². The molecule has 130 valence electrons. The van der Waals surface area contributed by atoms with Gasteiger partial charge in [-0.2, -0.15) is 0 Å². The highest BCUT2D eigenvalue weighted by Crippen LogP contribution is 2.36. The number of aryl methyl sites for hydroxylation is 1. The van der Waals surface area contributed by atoms with Crippen LogP contribution in [0.3, 0.4) is 0 Å². The number of carbonyl (C=O) groups excluding carboxylic acids is 2. The van der Waals surface area contributed by atoms with Gasteiger partial charge in [-0.3, -0.25) is 14.5 Å². The van der Waals surface area contributed by atoms with Gasteiger partial charge in [-0.05, 0) is 30.9 Å². The van der Waals surface area contributed by atoms with Crippen LogP contribution in [-0.2, 0) is 23.1 Å². The molecule has 0 N–H and O–H groups in total. The van der Waals surface area contributed by atoms with E-state index >= 15 is 0 Å². The minimum absolute atomic E-state index is 0.120. The molecule has 2 heterocycles. The predicted molar refractivity (Wildman–Crippen MR) is 95.3 cm³/mol. The van der Waals surface area contributed by atoms with E-state index in [-0.39, 0.29) is 11.8 Å². The zero-order valence-corrected chi connectivity index (χ0v) is 14.6. The SMILES string of the molecule is CN(C(=O)C1Cc2c(ncn2C)N(CC2CC2)C1=O)c1ccccc1. The molecule has 4 rings (SSSR count). The van der Waals surface area contributed by atoms with Crippen molar-refractivity contribution in [3.8, 4) is 0 Å². The van der Waals surface area contributed by atoms with Gasteiger partial charge >= 0.3 is 0 Å². The molecule has 1 fully saturated rings. The second kappa shape index (κ2) is 6.02. The molecule has 1 aromatic heterocycles. The maximum atomic E-state index is 13.1. The third-order valence-electron chi connectivity index (χ3n) is 5.16. The highest BCUT2D eigenvalue weighted by atomic mass is 16.2. The second-order valence-corrected chi connectivity index (χ2v) is 7.01. The van der Waals surface area contributed by atoms with Crippen molar-refractivity contribution in [2.24, 2.45) is 18.9 Å². The molecule has 1 aliphatic carbocycles. The molecular formula is C19H22N4O2. The summed E-state index contributed by atoms with van der Waals surface area (Å²) in [5.74, 6) is 0.298. The highest BCUT2D eigenvalue weighted by molar-refractivity contribution is 6.13. The van der Waals surface area contributed by atoms with Gasteiger partial charge < -0.3 is 9.47 Å². The molecule has 1 aliphatic heterocycles. The lowest BCUT2D eigenvalue weighted by atomic mass is 9.95. The quantitative estimate of drug-likeness (QED) is 0.801. The van der Waals surface area contributed by atoms with Crippen LogP contribution < -0.4 is 9.80 Å². The Bertz CT molecular complexity index is 810. The molecule has 0 bridgehead atoms. The standard InChI is InChI=1S/C19H22N4O2/c1-21-12-20-17-16(21)10-15(19(25)23(17)11-13-8-9-13)18(24)22(2)14-6-4-3-5-7-14/h3-7,12-13,15H,8-11H2,1-2H3. The minimum atomic E-state index is -0.688. The number of carbonyl (C=O) groups is 2. The van der Waals surface area contributed by atoms with Crippen LogP contribution in [0.25, 0.3) is 0 Å². The molecule has 25 heavy (non-hydrogen) atoms. The number of aromatic nitrogens is 2. The van der Waals surface area contributed by atoms with E-state index in [9.17, 15) is 9.59 Å². The van der Waals surface area contributed by atoms with Crippen LogP contribution in [0.2, 0.25) is 0 Å². The van der Waals surface area contributed by atoms with Crippen LogP contribution in [-0.4, -0.2) is 35.0 Å². The summed E-state index contributed by atoms with van der Waals surface area (Å²) in [5.41, 5.74) is 1.75. The van der Waals surface area contributed by atoms with Gasteiger partial charge in [-0.15, -0.1) is 0 Å². The summed E-state index contributed by atoms with van der Waals surface area (Å²) in [6.07, 6.45) is 4.43. The Morgan fingerprint density at radius 1 is 1.28 bits per heavy atom. The Morgan fingerprint density at radius 2 is 2.00 bits per heavy atom. The number of rotatable bonds is 4. The van der Waals surface area contributed by atoms with Crippen LogP contribution in [0.4, 0.5) is 11.5 Å². The van der Waals surface area contributed by atoms with Crippen molar-refractivity contribution in [3.63, 3.8) is 0 Å². The second-order valence-electron chi connectivity index (χ2n) is 7.01. The zero-order valence-electron chi connectivity index (χ0n) is 14.6. The Kier molecular flexibility index (Phi) is 3.82. The number of para-hydroxylation sites is 1. The molecule has 6 nitrogen and oxygen atoms in total.